The third-order valence-electron chi connectivity index (χ3n) is 1.29. The van der Waals surface area contributed by atoms with Crippen molar-refractivity contribution in [2.24, 2.45) is 0 Å². The fourth-order valence-corrected chi connectivity index (χ4v) is 0.992. The van der Waals surface area contributed by atoms with Crippen molar-refractivity contribution >= 4 is 29.8 Å². The van der Waals surface area contributed by atoms with Gasteiger partial charge < -0.3 is 14.8 Å². The molecule has 0 aliphatic heterocycles. The number of hydrogen-bond donors (Lipinski definition) is 3. The molecule has 13 heavy (non-hydrogen) atoms. The van der Waals surface area contributed by atoms with Gasteiger partial charge in [-0.1, -0.05) is 11.6 Å². The van der Waals surface area contributed by atoms with E-state index >= 15 is 0 Å². The first kappa shape index (κ1) is 9.88. The van der Waals surface area contributed by atoms with Crippen molar-refractivity contribution in [1.29, 1.82) is 0 Å². The number of anilines is 2. The largest absolute Gasteiger partial charge is 0.423 e. The van der Waals surface area contributed by atoms with E-state index in [1.54, 1.807) is 0 Å². The summed E-state index contributed by atoms with van der Waals surface area (Å²) in [5.74, 6) is 0.598. The highest BCUT2D eigenvalue weighted by Gasteiger charge is 2.07. The van der Waals surface area contributed by atoms with Gasteiger partial charge in [0.15, 0.2) is 0 Å². The number of carbonyl (C=O) groups excluding carboxylic acids is 1. The molecule has 6 heteroatoms. The molecule has 3 N–H and O–H groups in total. The van der Waals surface area contributed by atoms with Crippen LogP contribution in [0.5, 0.6) is 0 Å². The van der Waals surface area contributed by atoms with Crippen LogP contribution in [0.4, 0.5) is 11.8 Å². The molecule has 1 aromatic heterocycles. The molecular weight excluding hydrogens is 196 g/mol. The SMILES string of the molecule is O=CNc1cc(Cl)c(NCCO)o1. The van der Waals surface area contributed by atoms with Crippen LogP contribution in [0.25, 0.3) is 0 Å². The summed E-state index contributed by atoms with van der Waals surface area (Å²) in [6.45, 7) is 0.321. The zero-order valence-electron chi connectivity index (χ0n) is 6.71. The number of carbonyl (C=O) groups is 1. The van der Waals surface area contributed by atoms with Crippen LogP contribution in [-0.4, -0.2) is 24.7 Å². The second-order valence-electron chi connectivity index (χ2n) is 2.20. The van der Waals surface area contributed by atoms with Crippen LogP contribution in [0.15, 0.2) is 10.5 Å². The summed E-state index contributed by atoms with van der Waals surface area (Å²) in [5, 5.41) is 13.9. The zero-order valence-corrected chi connectivity index (χ0v) is 7.47. The highest BCUT2D eigenvalue weighted by atomic mass is 35.5. The summed E-state index contributed by atoms with van der Waals surface area (Å²) < 4.78 is 5.06. The predicted molar refractivity (Wildman–Crippen MR) is 49.0 cm³/mol. The molecule has 0 aliphatic carbocycles. The van der Waals surface area contributed by atoms with Gasteiger partial charge >= 0.3 is 0 Å². The Kier molecular flexibility index (Phi) is 3.60. The normalized spacial score (nSPS) is 9.69. The molecule has 0 spiro atoms. The minimum atomic E-state index is -0.0204. The third-order valence-corrected chi connectivity index (χ3v) is 1.57. The highest BCUT2D eigenvalue weighted by molar-refractivity contribution is 6.33. The Morgan fingerprint density at radius 1 is 1.69 bits per heavy atom. The van der Waals surface area contributed by atoms with Gasteiger partial charge in [-0.25, -0.2) is 0 Å². The van der Waals surface area contributed by atoms with Crippen LogP contribution < -0.4 is 10.6 Å². The smallest absolute Gasteiger partial charge is 0.214 e. The topological polar surface area (TPSA) is 74.5 Å². The lowest BCUT2D eigenvalue weighted by Gasteiger charge is -1.98. The Bertz CT molecular complexity index is 287. The van der Waals surface area contributed by atoms with Gasteiger partial charge in [-0.2, -0.15) is 0 Å². The maximum Gasteiger partial charge on any atom is 0.214 e. The van der Waals surface area contributed by atoms with E-state index in [1.165, 1.54) is 6.07 Å². The van der Waals surface area contributed by atoms with E-state index in [1.807, 2.05) is 0 Å². The molecule has 0 saturated heterocycles. The molecule has 0 fully saturated rings. The fraction of sp³-hybridized carbons (Fsp3) is 0.286. The Labute approximate surface area is 79.7 Å². The molecule has 1 aromatic rings. The molecular formula is C7H9ClN2O3. The van der Waals surface area contributed by atoms with Gasteiger partial charge in [-0.3, -0.25) is 10.1 Å². The molecule has 1 heterocycles. The van der Waals surface area contributed by atoms with Gasteiger partial charge in [-0.15, -0.1) is 0 Å². The standard InChI is InChI=1S/C7H9ClN2O3/c8-5-3-6(10-4-12)13-7(5)9-1-2-11/h3-4,9,11H,1-2H2,(H,10,12). The third kappa shape index (κ3) is 2.64. The van der Waals surface area contributed by atoms with Gasteiger partial charge in [0, 0.05) is 12.6 Å². The van der Waals surface area contributed by atoms with E-state index in [9.17, 15) is 4.79 Å². The van der Waals surface area contributed by atoms with Gasteiger partial charge in [0.1, 0.15) is 5.02 Å². The molecule has 0 saturated carbocycles. The number of furan rings is 1. The first-order valence-electron chi connectivity index (χ1n) is 3.62. The number of aliphatic hydroxyl groups excluding tert-OH is 1. The number of amides is 1. The fourth-order valence-electron chi connectivity index (χ4n) is 0.788. The Morgan fingerprint density at radius 2 is 2.46 bits per heavy atom. The maximum absolute atomic E-state index is 10.0. The number of nitrogens with one attached hydrogen (secondary N) is 2. The second kappa shape index (κ2) is 4.74. The quantitative estimate of drug-likeness (QED) is 0.624. The van der Waals surface area contributed by atoms with E-state index in [0.29, 0.717) is 23.9 Å². The second-order valence-corrected chi connectivity index (χ2v) is 2.61. The van der Waals surface area contributed by atoms with Gasteiger partial charge in [0.2, 0.25) is 18.2 Å². The van der Waals surface area contributed by atoms with E-state index < -0.39 is 0 Å². The molecule has 0 atom stereocenters. The van der Waals surface area contributed by atoms with Crippen LogP contribution in [0.2, 0.25) is 5.02 Å². The van der Waals surface area contributed by atoms with Crippen LogP contribution in [-0.2, 0) is 4.79 Å². The Morgan fingerprint density at radius 3 is 3.08 bits per heavy atom. The van der Waals surface area contributed by atoms with E-state index in [-0.39, 0.29) is 12.5 Å². The van der Waals surface area contributed by atoms with Crippen molar-refractivity contribution in [2.75, 3.05) is 23.8 Å². The van der Waals surface area contributed by atoms with Crippen molar-refractivity contribution in [2.45, 2.75) is 0 Å². The van der Waals surface area contributed by atoms with Crippen LogP contribution in [0.3, 0.4) is 0 Å². The lowest BCUT2D eigenvalue weighted by Crippen LogP contribution is -2.04. The maximum atomic E-state index is 10.0. The highest BCUT2D eigenvalue weighted by Crippen LogP contribution is 2.28. The summed E-state index contributed by atoms with van der Waals surface area (Å²) in [6.07, 6.45) is 0.491. The number of aliphatic hydroxyl groups is 1. The molecule has 5 nitrogen and oxygen atoms in total. The summed E-state index contributed by atoms with van der Waals surface area (Å²) in [5.41, 5.74) is 0. The molecule has 0 radical (unpaired) electrons. The van der Waals surface area contributed by atoms with Gasteiger partial charge in [0.05, 0.1) is 6.61 Å². The van der Waals surface area contributed by atoms with Crippen LogP contribution >= 0.6 is 11.6 Å². The minimum Gasteiger partial charge on any atom is -0.423 e. The number of halogens is 1. The van der Waals surface area contributed by atoms with Crippen molar-refractivity contribution in [3.8, 4) is 0 Å². The first-order valence-corrected chi connectivity index (χ1v) is 4.00. The Balaban J connectivity index is 2.65. The lowest BCUT2D eigenvalue weighted by molar-refractivity contribution is -0.105. The minimum absolute atomic E-state index is 0.0204. The molecule has 1 amide bonds. The summed E-state index contributed by atoms with van der Waals surface area (Å²) in [6, 6.07) is 1.47. The Hall–Kier alpha value is -1.20. The van der Waals surface area contributed by atoms with Crippen molar-refractivity contribution in [3.05, 3.63) is 11.1 Å². The molecule has 0 aliphatic rings. The summed E-state index contributed by atoms with van der Waals surface area (Å²) in [4.78, 5) is 10.0. The average Bonchev–Trinajstić information content (AvgIpc) is 2.44. The molecule has 0 bridgehead atoms. The number of hydrogen-bond acceptors (Lipinski definition) is 4. The van der Waals surface area contributed by atoms with E-state index in [4.69, 9.17) is 21.1 Å². The molecule has 1 rings (SSSR count). The van der Waals surface area contributed by atoms with Crippen molar-refractivity contribution in [1.82, 2.24) is 0 Å². The average molecular weight is 205 g/mol. The lowest BCUT2D eigenvalue weighted by atomic mass is 10.5. The van der Waals surface area contributed by atoms with Crippen molar-refractivity contribution in [3.63, 3.8) is 0 Å². The predicted octanol–water partition coefficient (Wildman–Crippen LogP) is 0.905. The van der Waals surface area contributed by atoms with Crippen molar-refractivity contribution < 1.29 is 14.3 Å². The molecule has 72 valence electrons. The van der Waals surface area contributed by atoms with Crippen LogP contribution in [0, 0.1) is 0 Å². The molecule has 0 aromatic carbocycles. The van der Waals surface area contributed by atoms with Gasteiger partial charge in [0.25, 0.3) is 0 Å². The zero-order chi connectivity index (χ0) is 9.68. The van der Waals surface area contributed by atoms with Crippen LogP contribution in [0.1, 0.15) is 0 Å². The summed E-state index contributed by atoms with van der Waals surface area (Å²) in [7, 11) is 0. The monoisotopic (exact) mass is 204 g/mol. The van der Waals surface area contributed by atoms with E-state index in [0.717, 1.165) is 0 Å². The summed E-state index contributed by atoms with van der Waals surface area (Å²) >= 11 is 5.72. The molecule has 0 unspecified atom stereocenters. The first-order chi connectivity index (χ1) is 6.27. The van der Waals surface area contributed by atoms with Gasteiger partial charge in [-0.05, 0) is 0 Å². The number of rotatable bonds is 5. The van der Waals surface area contributed by atoms with E-state index in [2.05, 4.69) is 10.6 Å².